The molecule has 0 heteroatoms. The Balaban J connectivity index is 0.000000148. The van der Waals surface area contributed by atoms with Crippen molar-refractivity contribution in [1.29, 1.82) is 0 Å². The predicted molar refractivity (Wildman–Crippen MR) is 548 cm³/mol. The molecule has 2 aliphatic carbocycles. The summed E-state index contributed by atoms with van der Waals surface area (Å²) in [5.74, 6) is 0. The maximum absolute atomic E-state index is 2.48. The van der Waals surface area contributed by atoms with Gasteiger partial charge in [-0.15, -0.1) is 0 Å². The third kappa shape index (κ3) is 12.3. The van der Waals surface area contributed by atoms with Crippen molar-refractivity contribution in [3.63, 3.8) is 0 Å². The summed E-state index contributed by atoms with van der Waals surface area (Å²) in [6, 6.07) is 171. The van der Waals surface area contributed by atoms with E-state index in [4.69, 9.17) is 0 Å². The quantitative estimate of drug-likeness (QED) is 0.113. The van der Waals surface area contributed by atoms with Crippen molar-refractivity contribution in [2.45, 2.75) is 38.5 Å². The predicted octanol–water partition coefficient (Wildman–Crippen LogP) is 35.5. The van der Waals surface area contributed by atoms with Crippen LogP contribution in [0.15, 0.2) is 461 Å². The van der Waals surface area contributed by atoms with E-state index in [9.17, 15) is 0 Å². The highest BCUT2D eigenvalue weighted by atomic mass is 14.4. The van der Waals surface area contributed by atoms with E-state index in [-0.39, 0.29) is 10.8 Å². The molecule has 0 fully saturated rings. The second-order valence-corrected chi connectivity index (χ2v) is 35.9. The fraction of sp³-hybridized carbons (Fsp3) is 0.0469. The lowest BCUT2D eigenvalue weighted by Gasteiger charge is -2.23. The van der Waals surface area contributed by atoms with Crippen LogP contribution < -0.4 is 0 Å². The molecule has 0 nitrogen and oxygen atoms in total. The summed E-state index contributed by atoms with van der Waals surface area (Å²) in [5.41, 5.74) is 38.1. The summed E-state index contributed by atoms with van der Waals surface area (Å²) in [6.45, 7) is 9.49. The van der Waals surface area contributed by atoms with Crippen LogP contribution in [0.3, 0.4) is 0 Å². The second-order valence-electron chi connectivity index (χ2n) is 35.9. The Labute approximate surface area is 747 Å². The van der Waals surface area contributed by atoms with Gasteiger partial charge in [0.15, 0.2) is 0 Å². The molecule has 128 heavy (non-hydrogen) atoms. The summed E-state index contributed by atoms with van der Waals surface area (Å²) >= 11 is 0. The zero-order valence-corrected chi connectivity index (χ0v) is 71.9. The van der Waals surface area contributed by atoms with Gasteiger partial charge in [0.1, 0.15) is 0 Å². The first-order valence-electron chi connectivity index (χ1n) is 44.9. The Kier molecular flexibility index (Phi) is 18.1. The number of fused-ring (bicyclic) bond motifs is 14. The third-order valence-corrected chi connectivity index (χ3v) is 28.1. The zero-order chi connectivity index (χ0) is 85.3. The summed E-state index contributed by atoms with van der Waals surface area (Å²) in [4.78, 5) is 0. The maximum atomic E-state index is 2.48. The summed E-state index contributed by atoms with van der Waals surface area (Å²) in [7, 11) is 0. The molecule has 0 spiro atoms. The lowest BCUT2D eigenvalue weighted by molar-refractivity contribution is 0.660. The molecule has 0 aliphatic heterocycles. The van der Waals surface area contributed by atoms with Crippen LogP contribution in [0.2, 0.25) is 0 Å². The number of hydrogen-bond acceptors (Lipinski definition) is 0. The molecule has 0 unspecified atom stereocenters. The van der Waals surface area contributed by atoms with Crippen LogP contribution in [0.4, 0.5) is 0 Å². The highest BCUT2D eigenvalue weighted by Gasteiger charge is 2.38. The first-order valence-corrected chi connectivity index (χ1v) is 44.9. The van der Waals surface area contributed by atoms with E-state index in [1.54, 1.807) is 0 Å². The minimum absolute atomic E-state index is 0.0822. The van der Waals surface area contributed by atoms with E-state index in [2.05, 4.69) is 489 Å². The highest BCUT2D eigenvalue weighted by molar-refractivity contribution is 6.27. The topological polar surface area (TPSA) is 0 Å². The van der Waals surface area contributed by atoms with Gasteiger partial charge in [-0.2, -0.15) is 0 Å². The average Bonchev–Trinajstić information content (AvgIpc) is 1.45. The van der Waals surface area contributed by atoms with Gasteiger partial charge < -0.3 is 0 Å². The zero-order valence-electron chi connectivity index (χ0n) is 71.9. The van der Waals surface area contributed by atoms with Gasteiger partial charge in [-0.25, -0.2) is 0 Å². The average molecular weight is 1630 g/mol. The van der Waals surface area contributed by atoms with E-state index in [1.807, 2.05) is 0 Å². The van der Waals surface area contributed by atoms with Crippen molar-refractivity contribution >= 4 is 86.2 Å². The molecule has 0 heterocycles. The van der Waals surface area contributed by atoms with Crippen molar-refractivity contribution in [3.05, 3.63) is 483 Å². The molecule has 0 atom stereocenters. The van der Waals surface area contributed by atoms with E-state index in [0.29, 0.717) is 0 Å². The smallest absolute Gasteiger partial charge is 0.0159 e. The Morgan fingerprint density at radius 3 is 0.586 bits per heavy atom. The standard InChI is InChI=1S/C73H50.C55H38/c1-73(2)67-28-16-15-21-57(67)58-43-42-56(46-68(58)73)72-63-26-13-10-23-60(63)69(61-24-11-14-27-64(61)72)52-39-33-51(34-40-52)55-41-44-65-66(45-55)71(54-37-31-50(32-38-54)48-19-7-4-8-20-48)62-25-12-9-22-59(62)70(65)53-35-29-49(30-36-53)47-17-5-3-6-18-47;1-55(2)49-28-16-15-21-39(49)40-31-29-38(34-50(40)55)54-46-27-14-11-24-43(46)52(36-19-7-4-8-20-36)48-33-37(30-32-47(48)54)53-44-25-12-9-22-41(44)51(35-17-5-3-6-18-35)42-23-10-13-26-45(42)53/h3-46H,1-2H3;3-34H,1-2H3. The molecule has 0 saturated carbocycles. The molecule has 0 amide bonds. The van der Waals surface area contributed by atoms with Crippen molar-refractivity contribution in [2.75, 3.05) is 0 Å². The minimum Gasteiger partial charge on any atom is -0.0622 e. The van der Waals surface area contributed by atoms with Gasteiger partial charge in [-0.1, -0.05) is 464 Å². The fourth-order valence-corrected chi connectivity index (χ4v) is 22.1. The van der Waals surface area contributed by atoms with Crippen LogP contribution >= 0.6 is 0 Å². The molecule has 0 N–H and O–H groups in total. The SMILES string of the molecule is CC1(C)c2ccccc2-c2ccc(-c3c4ccccc4c(-c4ccc(-c5ccc6c(-c7ccc(-c8ccccc8)cc7)c7ccccc7c(-c7ccc(-c8ccccc8)cc7)c6c5)cc4)c4ccccc34)cc21.CC1(C)c2ccccc2-c2ccc(-c3c4ccccc4c(-c4ccccc4)c4cc(-c5c6ccccc6c(-c6ccccc6)c6ccccc56)ccc34)cc21. The molecule has 25 rings (SSSR count). The van der Waals surface area contributed by atoms with Crippen molar-refractivity contribution in [1.82, 2.24) is 0 Å². The van der Waals surface area contributed by atoms with E-state index in [1.165, 1.54) is 253 Å². The van der Waals surface area contributed by atoms with Gasteiger partial charge in [0.05, 0.1) is 0 Å². The van der Waals surface area contributed by atoms with Gasteiger partial charge in [-0.3, -0.25) is 0 Å². The number of rotatable bonds is 11. The number of hydrogen-bond donors (Lipinski definition) is 0. The van der Waals surface area contributed by atoms with Crippen LogP contribution in [-0.4, -0.2) is 0 Å². The van der Waals surface area contributed by atoms with Crippen LogP contribution in [0.1, 0.15) is 49.9 Å². The second kappa shape index (κ2) is 30.5. The van der Waals surface area contributed by atoms with Crippen molar-refractivity contribution in [3.8, 4) is 145 Å². The van der Waals surface area contributed by atoms with Crippen LogP contribution in [-0.2, 0) is 10.8 Å². The molecule has 23 aromatic carbocycles. The normalized spacial score (nSPS) is 12.8. The summed E-state index contributed by atoms with van der Waals surface area (Å²) in [5, 5.41) is 20.2. The first-order chi connectivity index (χ1) is 63.1. The monoisotopic (exact) mass is 1620 g/mol. The van der Waals surface area contributed by atoms with E-state index >= 15 is 0 Å². The van der Waals surface area contributed by atoms with Gasteiger partial charge in [-0.05, 0) is 277 Å². The van der Waals surface area contributed by atoms with Crippen molar-refractivity contribution in [2.24, 2.45) is 0 Å². The Morgan fingerprint density at radius 2 is 0.281 bits per heavy atom. The first kappa shape index (κ1) is 75.8. The Hall–Kier alpha value is -15.9. The van der Waals surface area contributed by atoms with Crippen LogP contribution in [0.5, 0.6) is 0 Å². The Morgan fingerprint density at radius 1 is 0.109 bits per heavy atom. The van der Waals surface area contributed by atoms with Gasteiger partial charge in [0.2, 0.25) is 0 Å². The third-order valence-electron chi connectivity index (χ3n) is 28.1. The maximum Gasteiger partial charge on any atom is 0.0159 e. The highest BCUT2D eigenvalue weighted by Crippen LogP contribution is 2.56. The summed E-state index contributed by atoms with van der Waals surface area (Å²) < 4.78 is 0. The fourth-order valence-electron chi connectivity index (χ4n) is 22.1. The molecule has 600 valence electrons. The van der Waals surface area contributed by atoms with Crippen molar-refractivity contribution < 1.29 is 0 Å². The number of benzene rings is 23. The molecular formula is C128H88. The molecular weight excluding hydrogens is 1540 g/mol. The Bertz CT molecular complexity index is 8290. The lowest BCUT2D eigenvalue weighted by atomic mass is 9.80. The molecule has 0 saturated heterocycles. The molecule has 0 radical (unpaired) electrons. The van der Waals surface area contributed by atoms with Gasteiger partial charge in [0.25, 0.3) is 0 Å². The summed E-state index contributed by atoms with van der Waals surface area (Å²) in [6.07, 6.45) is 0. The van der Waals surface area contributed by atoms with E-state index in [0.717, 1.165) is 0 Å². The molecule has 2 aliphatic rings. The van der Waals surface area contributed by atoms with Gasteiger partial charge >= 0.3 is 0 Å². The minimum atomic E-state index is -0.0846. The largest absolute Gasteiger partial charge is 0.0622 e. The lowest BCUT2D eigenvalue weighted by Crippen LogP contribution is -2.14. The van der Waals surface area contributed by atoms with E-state index < -0.39 is 0 Å². The molecule has 0 aromatic heterocycles. The van der Waals surface area contributed by atoms with Crippen LogP contribution in [0.25, 0.3) is 231 Å². The molecule has 0 bridgehead atoms. The van der Waals surface area contributed by atoms with Gasteiger partial charge in [0, 0.05) is 10.8 Å². The van der Waals surface area contributed by atoms with Crippen LogP contribution in [0, 0.1) is 0 Å². The molecule has 23 aromatic rings.